The lowest BCUT2D eigenvalue weighted by Crippen LogP contribution is -2.56. The van der Waals surface area contributed by atoms with Crippen molar-refractivity contribution >= 4 is 89.8 Å². The van der Waals surface area contributed by atoms with E-state index >= 15 is 0 Å². The summed E-state index contributed by atoms with van der Waals surface area (Å²) in [6.45, 7) is 17.3. The number of carbonyl (C=O) groups excluding carboxylic acids is 6. The quantitative estimate of drug-likeness (QED) is 0.0536. The molecule has 0 fully saturated rings. The molecule has 0 rings (SSSR count). The lowest BCUT2D eigenvalue weighted by Gasteiger charge is -2.30. The molecule has 0 saturated heterocycles. The number of hydrogen-bond donors (Lipinski definition) is 4. The minimum Gasteiger partial charge on any atom is -0.455 e. The number of aldehydes is 4. The van der Waals surface area contributed by atoms with Gasteiger partial charge in [0.1, 0.15) is 36.0 Å². The van der Waals surface area contributed by atoms with Crippen LogP contribution in [-0.4, -0.2) is 103 Å². The van der Waals surface area contributed by atoms with Crippen molar-refractivity contribution in [2.24, 2.45) is 29.2 Å². The highest BCUT2D eigenvalue weighted by Crippen LogP contribution is 2.22. The molecular weight excluding hydrogens is 741 g/mol. The van der Waals surface area contributed by atoms with Crippen molar-refractivity contribution in [2.75, 3.05) is 13.1 Å². The predicted molar refractivity (Wildman–Crippen MR) is 214 cm³/mol. The third-order valence-corrected chi connectivity index (χ3v) is 26.6. The molecule has 19 heteroatoms. The van der Waals surface area contributed by atoms with Crippen molar-refractivity contribution in [3.63, 3.8) is 0 Å². The highest BCUT2D eigenvalue weighted by molar-refractivity contribution is 6.83. The maximum absolute atomic E-state index is 12.8. The van der Waals surface area contributed by atoms with Crippen LogP contribution in [0.25, 0.3) is 0 Å². The Morgan fingerprint density at radius 2 is 1.18 bits per heavy atom. The summed E-state index contributed by atoms with van der Waals surface area (Å²) in [5.41, 5.74) is 11.3. The smallest absolute Gasteiger partial charge is 0.356 e. The molecule has 0 aromatic heterocycles. The van der Waals surface area contributed by atoms with Gasteiger partial charge in [0.05, 0.1) is 5.82 Å². The van der Waals surface area contributed by atoms with Crippen LogP contribution in [0.3, 0.4) is 0 Å². The molecule has 0 aliphatic carbocycles. The van der Waals surface area contributed by atoms with Crippen molar-refractivity contribution in [1.82, 2.24) is 9.96 Å². The molecule has 13 nitrogen and oxygen atoms in total. The molecule has 0 aromatic carbocycles. The van der Waals surface area contributed by atoms with E-state index in [0.717, 1.165) is 62.5 Å². The molecule has 0 aliphatic rings. The minimum absolute atomic E-state index is 0.0313. The van der Waals surface area contributed by atoms with Gasteiger partial charge in [0.15, 0.2) is 25.0 Å². The standard InChI is InChI=1S/C31H66N4O9Si6/c1-26(33)35-47(34-16-15-32)44-50(6,7)20-10-13-29(25-39)22-31(41)46-43-49(4,5)19-9-12-28(24-38)21-30(40)45-42-48(2,3)18-8-11-27(23-37)14-17-36/h17,23-25,27-29,34-35,47H,1,8-16,18-22,32-33,45-46H2,2-7H3. The first-order valence-electron chi connectivity index (χ1n) is 17.8. The molecule has 0 saturated carbocycles. The Kier molecular flexibility index (Phi) is 25.5. The molecule has 0 aliphatic heterocycles. The van der Waals surface area contributed by atoms with Crippen LogP contribution < -0.4 is 21.4 Å². The normalized spacial score (nSPS) is 15.1. The minimum atomic E-state index is -2.15. The Balaban J connectivity index is 4.56. The summed E-state index contributed by atoms with van der Waals surface area (Å²) in [6, 6.07) is 2.42. The Bertz CT molecular complexity index is 1070. The number of nitrogens with two attached hydrogens (primary N) is 2. The van der Waals surface area contributed by atoms with E-state index in [4.69, 9.17) is 23.8 Å². The van der Waals surface area contributed by atoms with Crippen LogP contribution in [0.4, 0.5) is 0 Å². The van der Waals surface area contributed by atoms with Crippen molar-refractivity contribution in [3.05, 3.63) is 12.4 Å². The summed E-state index contributed by atoms with van der Waals surface area (Å²) >= 11 is 0. The van der Waals surface area contributed by atoms with E-state index in [-0.39, 0.29) is 47.8 Å². The fourth-order valence-corrected chi connectivity index (χ4v) is 19.6. The zero-order valence-electron chi connectivity index (χ0n) is 31.5. The van der Waals surface area contributed by atoms with Gasteiger partial charge in [-0.25, -0.2) is 0 Å². The molecule has 0 bridgehead atoms. The monoisotopic (exact) mass is 806 g/mol. The fourth-order valence-electron chi connectivity index (χ4n) is 5.45. The van der Waals surface area contributed by atoms with Gasteiger partial charge in [0.2, 0.25) is 19.5 Å². The number of nitrogens with one attached hydrogen (secondary N) is 2. The molecular formula is C31H66N4O9Si6. The summed E-state index contributed by atoms with van der Waals surface area (Å²) < 4.78 is 18.7. The van der Waals surface area contributed by atoms with E-state index in [0.29, 0.717) is 38.2 Å². The van der Waals surface area contributed by atoms with Gasteiger partial charge < -0.3 is 62.5 Å². The molecule has 50 heavy (non-hydrogen) atoms. The van der Waals surface area contributed by atoms with Crippen molar-refractivity contribution in [2.45, 2.75) is 115 Å². The predicted octanol–water partition coefficient (Wildman–Crippen LogP) is 1.31. The molecule has 0 aromatic rings. The highest BCUT2D eigenvalue weighted by atomic mass is 28.4. The molecule has 4 unspecified atom stereocenters. The van der Waals surface area contributed by atoms with Gasteiger partial charge in [-0.15, -0.1) is 0 Å². The number of hydrogen-bond acceptors (Lipinski definition) is 13. The van der Waals surface area contributed by atoms with Crippen molar-refractivity contribution in [3.8, 4) is 0 Å². The molecule has 0 heterocycles. The van der Waals surface area contributed by atoms with Gasteiger partial charge in [0, 0.05) is 50.1 Å². The van der Waals surface area contributed by atoms with E-state index in [1.165, 1.54) is 0 Å². The Morgan fingerprint density at radius 3 is 1.56 bits per heavy atom. The van der Waals surface area contributed by atoms with Gasteiger partial charge in [0.25, 0.3) is 0 Å². The second-order valence-corrected chi connectivity index (χ2v) is 33.9. The molecule has 288 valence electrons. The van der Waals surface area contributed by atoms with Gasteiger partial charge in [-0.2, -0.15) is 0 Å². The van der Waals surface area contributed by atoms with E-state index < -0.39 is 53.8 Å². The van der Waals surface area contributed by atoms with Crippen LogP contribution in [0.5, 0.6) is 0 Å². The maximum Gasteiger partial charge on any atom is 0.356 e. The van der Waals surface area contributed by atoms with Crippen molar-refractivity contribution < 1.29 is 41.1 Å². The van der Waals surface area contributed by atoms with Gasteiger partial charge in [-0.1, -0.05) is 25.8 Å². The van der Waals surface area contributed by atoms with E-state index in [1.807, 2.05) is 0 Å². The largest absolute Gasteiger partial charge is 0.455 e. The molecule has 0 spiro atoms. The summed E-state index contributed by atoms with van der Waals surface area (Å²) in [5, 5.41) is 0.0700. The Hall–Kier alpha value is -1.54. The average Bonchev–Trinajstić information content (AvgIpc) is 3.03. The van der Waals surface area contributed by atoms with Gasteiger partial charge >= 0.3 is 9.36 Å². The van der Waals surface area contributed by atoms with Crippen LogP contribution in [0.1, 0.15) is 57.8 Å². The van der Waals surface area contributed by atoms with Crippen LogP contribution in [0.15, 0.2) is 12.4 Å². The molecule has 0 radical (unpaired) electrons. The van der Waals surface area contributed by atoms with Crippen molar-refractivity contribution in [1.29, 1.82) is 0 Å². The highest BCUT2D eigenvalue weighted by Gasteiger charge is 2.29. The maximum atomic E-state index is 12.8. The summed E-state index contributed by atoms with van der Waals surface area (Å²) in [6.07, 6.45) is 8.10. The first-order chi connectivity index (χ1) is 23.4. The topological polar surface area (TPSA) is 206 Å². The summed E-state index contributed by atoms with van der Waals surface area (Å²) in [7, 11) is -11.2. The SMILES string of the molecule is C=C(N)N[SiH](NCCN)O[Si](C)(C)CCCC(C=O)CC(=O)[SiH2]O[Si](C)(C)CCCC(C=O)CC(=O)[SiH2]O[Si](C)(C)CCCC(C=O)CC=O. The van der Waals surface area contributed by atoms with E-state index in [9.17, 15) is 28.8 Å². The lowest BCUT2D eigenvalue weighted by atomic mass is 10.0. The molecule has 6 N–H and O–H groups in total. The average molecular weight is 807 g/mol. The zero-order chi connectivity index (χ0) is 38.2. The summed E-state index contributed by atoms with van der Waals surface area (Å²) in [4.78, 5) is 77.1. The zero-order valence-corrected chi connectivity index (χ0v) is 38.5. The Morgan fingerprint density at radius 1 is 0.760 bits per heavy atom. The first kappa shape index (κ1) is 48.5. The third kappa shape index (κ3) is 25.4. The van der Waals surface area contributed by atoms with Gasteiger partial charge in [-0.3, -0.25) is 0 Å². The lowest BCUT2D eigenvalue weighted by molar-refractivity contribution is -0.118. The van der Waals surface area contributed by atoms with E-state index in [2.05, 4.69) is 55.8 Å². The first-order valence-corrected chi connectivity index (χ1v) is 31.4. The second kappa shape index (κ2) is 26.3. The second-order valence-electron chi connectivity index (χ2n) is 15.0. The van der Waals surface area contributed by atoms with Crippen LogP contribution in [-0.2, 0) is 41.1 Å². The molecule has 4 atom stereocenters. The van der Waals surface area contributed by atoms with Crippen LogP contribution >= 0.6 is 0 Å². The van der Waals surface area contributed by atoms with Gasteiger partial charge in [-0.05, 0) is 76.7 Å². The summed E-state index contributed by atoms with van der Waals surface area (Å²) in [5.74, 6) is -0.604. The third-order valence-electron chi connectivity index (χ3n) is 8.49. The fraction of sp³-hybridized carbons (Fsp3) is 0.742. The van der Waals surface area contributed by atoms with Crippen LogP contribution in [0.2, 0.25) is 57.4 Å². The number of rotatable bonds is 34. The molecule has 0 amide bonds. The number of carbonyl (C=O) groups is 6. The van der Waals surface area contributed by atoms with E-state index in [1.54, 1.807) is 0 Å². The Labute approximate surface area is 309 Å². The van der Waals surface area contributed by atoms with Crippen LogP contribution in [0, 0.1) is 17.8 Å².